The summed E-state index contributed by atoms with van der Waals surface area (Å²) in [5, 5.41) is 5.87. The average Bonchev–Trinajstić information content (AvgIpc) is 2.34. The van der Waals surface area contributed by atoms with Crippen LogP contribution in [0.2, 0.25) is 0 Å². The zero-order valence-electron chi connectivity index (χ0n) is 10.6. The summed E-state index contributed by atoms with van der Waals surface area (Å²) >= 11 is 0. The molecule has 0 saturated heterocycles. The van der Waals surface area contributed by atoms with Crippen LogP contribution in [0.5, 0.6) is 0 Å². The summed E-state index contributed by atoms with van der Waals surface area (Å²) in [7, 11) is 1.65. The van der Waals surface area contributed by atoms with Gasteiger partial charge in [-0.1, -0.05) is 13.8 Å². The summed E-state index contributed by atoms with van der Waals surface area (Å²) in [6.07, 6.45) is 5.78. The number of hydrogen-bond donors (Lipinski definition) is 2. The number of rotatable bonds is 6. The van der Waals surface area contributed by atoms with Crippen LogP contribution in [0.3, 0.4) is 0 Å². The molecule has 5 nitrogen and oxygen atoms in total. The van der Waals surface area contributed by atoms with E-state index in [0.29, 0.717) is 12.5 Å². The van der Waals surface area contributed by atoms with Crippen molar-refractivity contribution < 1.29 is 4.79 Å². The summed E-state index contributed by atoms with van der Waals surface area (Å²) in [6.45, 7) is 4.75. The van der Waals surface area contributed by atoms with Crippen molar-refractivity contribution in [3.63, 3.8) is 0 Å². The molecule has 0 fully saturated rings. The number of aromatic nitrogens is 2. The lowest BCUT2D eigenvalue weighted by atomic mass is 10.0. The highest BCUT2D eigenvalue weighted by Crippen LogP contribution is 2.05. The molecule has 1 aromatic heterocycles. The van der Waals surface area contributed by atoms with Gasteiger partial charge in [0.15, 0.2) is 0 Å². The minimum absolute atomic E-state index is 0.0163. The third kappa shape index (κ3) is 4.91. The highest BCUT2D eigenvalue weighted by molar-refractivity contribution is 5.81. The molecule has 1 amide bonds. The molecular weight excluding hydrogens is 216 g/mol. The molecule has 0 aliphatic rings. The molecule has 0 radical (unpaired) electrons. The second-order valence-corrected chi connectivity index (χ2v) is 4.37. The minimum atomic E-state index is -0.179. The highest BCUT2D eigenvalue weighted by Gasteiger charge is 2.17. The van der Waals surface area contributed by atoms with Crippen LogP contribution < -0.4 is 10.6 Å². The number of likely N-dealkylation sites (N-methyl/N-ethyl adjacent to an activating group) is 1. The molecule has 0 bridgehead atoms. The third-order valence-electron chi connectivity index (χ3n) is 2.42. The molecule has 0 aromatic carbocycles. The maximum absolute atomic E-state index is 11.7. The minimum Gasteiger partial charge on any atom is -0.358 e. The Labute approximate surface area is 102 Å². The van der Waals surface area contributed by atoms with Crippen molar-refractivity contribution in [3.05, 3.63) is 24.3 Å². The van der Waals surface area contributed by atoms with Crippen LogP contribution in [0.15, 0.2) is 18.6 Å². The number of nitrogens with zero attached hydrogens (tertiary/aromatic N) is 2. The van der Waals surface area contributed by atoms with Gasteiger partial charge in [-0.3, -0.25) is 14.8 Å². The van der Waals surface area contributed by atoms with Gasteiger partial charge in [0.1, 0.15) is 0 Å². The van der Waals surface area contributed by atoms with E-state index < -0.39 is 0 Å². The Hall–Kier alpha value is -1.49. The monoisotopic (exact) mass is 236 g/mol. The molecule has 0 aliphatic heterocycles. The van der Waals surface area contributed by atoms with E-state index in [1.807, 2.05) is 0 Å². The van der Waals surface area contributed by atoms with Crippen LogP contribution in [0, 0.1) is 5.92 Å². The number of hydrogen-bond acceptors (Lipinski definition) is 4. The first-order valence-electron chi connectivity index (χ1n) is 5.83. The van der Waals surface area contributed by atoms with Gasteiger partial charge in [-0.2, -0.15) is 0 Å². The zero-order valence-corrected chi connectivity index (χ0v) is 10.6. The average molecular weight is 236 g/mol. The second kappa shape index (κ2) is 6.96. The molecular formula is C12H20N4O. The highest BCUT2D eigenvalue weighted by atomic mass is 16.2. The Morgan fingerprint density at radius 3 is 2.71 bits per heavy atom. The molecule has 1 aromatic rings. The molecule has 1 unspecified atom stereocenters. The maximum atomic E-state index is 11.7. The van der Waals surface area contributed by atoms with Gasteiger partial charge in [-0.15, -0.1) is 0 Å². The molecule has 5 heteroatoms. The molecule has 0 saturated carbocycles. The molecule has 0 aliphatic carbocycles. The fraction of sp³-hybridized carbons (Fsp3) is 0.583. The van der Waals surface area contributed by atoms with Gasteiger partial charge in [0.25, 0.3) is 0 Å². The van der Waals surface area contributed by atoms with E-state index in [2.05, 4.69) is 34.4 Å². The topological polar surface area (TPSA) is 66.9 Å². The molecule has 1 rings (SSSR count). The largest absolute Gasteiger partial charge is 0.358 e. The Bertz CT molecular complexity index is 340. The van der Waals surface area contributed by atoms with Crippen molar-refractivity contribution in [3.8, 4) is 0 Å². The van der Waals surface area contributed by atoms with Gasteiger partial charge in [-0.05, 0) is 12.3 Å². The quantitative estimate of drug-likeness (QED) is 0.764. The van der Waals surface area contributed by atoms with E-state index >= 15 is 0 Å². The Morgan fingerprint density at radius 2 is 2.18 bits per heavy atom. The van der Waals surface area contributed by atoms with Crippen molar-refractivity contribution in [2.24, 2.45) is 5.92 Å². The first kappa shape index (κ1) is 13.6. The molecule has 0 spiro atoms. The number of nitrogens with one attached hydrogen (secondary N) is 2. The maximum Gasteiger partial charge on any atom is 0.236 e. The SMILES string of the molecule is CNC(=O)C(CC(C)C)NCc1cnccn1. The fourth-order valence-electron chi connectivity index (χ4n) is 1.58. The lowest BCUT2D eigenvalue weighted by Crippen LogP contribution is -2.43. The summed E-state index contributed by atoms with van der Waals surface area (Å²) in [5.74, 6) is 0.481. The summed E-state index contributed by atoms with van der Waals surface area (Å²) in [6, 6.07) is -0.179. The van der Waals surface area contributed by atoms with Gasteiger partial charge >= 0.3 is 0 Å². The normalized spacial score (nSPS) is 12.5. The van der Waals surface area contributed by atoms with E-state index in [0.717, 1.165) is 12.1 Å². The summed E-state index contributed by atoms with van der Waals surface area (Å²) in [4.78, 5) is 19.8. The first-order valence-corrected chi connectivity index (χ1v) is 5.83. The van der Waals surface area contributed by atoms with Crippen molar-refractivity contribution in [2.45, 2.75) is 32.9 Å². The van der Waals surface area contributed by atoms with Crippen LogP contribution in [0.25, 0.3) is 0 Å². The number of carbonyl (C=O) groups is 1. The van der Waals surface area contributed by atoms with Crippen LogP contribution in [-0.4, -0.2) is 29.0 Å². The molecule has 94 valence electrons. The number of amides is 1. The van der Waals surface area contributed by atoms with E-state index in [1.165, 1.54) is 0 Å². The van der Waals surface area contributed by atoms with E-state index in [-0.39, 0.29) is 11.9 Å². The van der Waals surface area contributed by atoms with Crippen LogP contribution in [-0.2, 0) is 11.3 Å². The van der Waals surface area contributed by atoms with Crippen LogP contribution in [0.4, 0.5) is 0 Å². The van der Waals surface area contributed by atoms with Crippen LogP contribution >= 0.6 is 0 Å². The first-order chi connectivity index (χ1) is 8.13. The Kier molecular flexibility index (Phi) is 5.56. The second-order valence-electron chi connectivity index (χ2n) is 4.37. The number of carbonyl (C=O) groups excluding carboxylic acids is 1. The molecule has 2 N–H and O–H groups in total. The van der Waals surface area contributed by atoms with Crippen molar-refractivity contribution in [1.82, 2.24) is 20.6 Å². The fourth-order valence-corrected chi connectivity index (χ4v) is 1.58. The van der Waals surface area contributed by atoms with Crippen LogP contribution in [0.1, 0.15) is 26.0 Å². The predicted molar refractivity (Wildman–Crippen MR) is 66.2 cm³/mol. The van der Waals surface area contributed by atoms with Gasteiger partial charge in [0.2, 0.25) is 5.91 Å². The zero-order chi connectivity index (χ0) is 12.7. The standard InChI is InChI=1S/C12H20N4O/c1-9(2)6-11(12(17)13-3)16-8-10-7-14-4-5-15-10/h4-5,7,9,11,16H,6,8H2,1-3H3,(H,13,17). The smallest absolute Gasteiger partial charge is 0.236 e. The van der Waals surface area contributed by atoms with Crippen molar-refractivity contribution >= 4 is 5.91 Å². The Morgan fingerprint density at radius 1 is 1.41 bits per heavy atom. The van der Waals surface area contributed by atoms with E-state index in [4.69, 9.17) is 0 Å². The lowest BCUT2D eigenvalue weighted by molar-refractivity contribution is -0.123. The molecule has 17 heavy (non-hydrogen) atoms. The van der Waals surface area contributed by atoms with E-state index in [9.17, 15) is 4.79 Å². The van der Waals surface area contributed by atoms with E-state index in [1.54, 1.807) is 25.6 Å². The Balaban J connectivity index is 2.52. The summed E-state index contributed by atoms with van der Waals surface area (Å²) in [5.41, 5.74) is 0.838. The van der Waals surface area contributed by atoms with Gasteiger partial charge in [-0.25, -0.2) is 0 Å². The third-order valence-corrected chi connectivity index (χ3v) is 2.42. The van der Waals surface area contributed by atoms with Gasteiger partial charge < -0.3 is 10.6 Å². The molecule has 1 heterocycles. The summed E-state index contributed by atoms with van der Waals surface area (Å²) < 4.78 is 0. The van der Waals surface area contributed by atoms with Gasteiger partial charge in [0, 0.05) is 32.2 Å². The van der Waals surface area contributed by atoms with Crippen molar-refractivity contribution in [2.75, 3.05) is 7.05 Å². The molecule has 1 atom stereocenters. The lowest BCUT2D eigenvalue weighted by Gasteiger charge is -2.18. The predicted octanol–water partition coefficient (Wildman–Crippen LogP) is 0.727. The van der Waals surface area contributed by atoms with Crippen molar-refractivity contribution in [1.29, 1.82) is 0 Å². The van der Waals surface area contributed by atoms with Gasteiger partial charge in [0.05, 0.1) is 11.7 Å².